The van der Waals surface area contributed by atoms with Gasteiger partial charge in [-0.3, -0.25) is 0 Å². The molecule has 0 amide bonds. The zero-order valence-electron chi connectivity index (χ0n) is 10.5. The Hall–Kier alpha value is -2.46. The van der Waals surface area contributed by atoms with E-state index in [4.69, 9.17) is 10.3 Å². The van der Waals surface area contributed by atoms with Crippen molar-refractivity contribution in [1.29, 1.82) is 0 Å². The van der Waals surface area contributed by atoms with Crippen LogP contribution in [-0.4, -0.2) is 35.7 Å². The summed E-state index contributed by atoms with van der Waals surface area (Å²) in [4.78, 5) is 25.3. The third-order valence-corrected chi connectivity index (χ3v) is 2.23. The van der Waals surface area contributed by atoms with Crippen molar-refractivity contribution >= 4 is 17.7 Å². The standard InChI is InChI=1S/C13H14N2O4/c1-2-18-12(16)11(15-14)13(17)19-9-8-10-6-4-3-5-7-10/h3-7H,2,8-9H2,1H3. The van der Waals surface area contributed by atoms with Crippen LogP contribution in [0.3, 0.4) is 0 Å². The largest absolute Gasteiger partial charge is 0.482 e. The summed E-state index contributed by atoms with van der Waals surface area (Å²) in [5, 5.41) is 0. The van der Waals surface area contributed by atoms with Crippen LogP contribution in [-0.2, 0) is 25.5 Å². The molecule has 100 valence electrons. The fourth-order valence-corrected chi connectivity index (χ4v) is 1.34. The van der Waals surface area contributed by atoms with Gasteiger partial charge in [0.05, 0.1) is 13.2 Å². The summed E-state index contributed by atoms with van der Waals surface area (Å²) in [7, 11) is 0. The highest BCUT2D eigenvalue weighted by Crippen LogP contribution is 2.00. The van der Waals surface area contributed by atoms with Crippen LogP contribution in [0.25, 0.3) is 5.53 Å². The first-order valence-corrected chi connectivity index (χ1v) is 5.79. The Morgan fingerprint density at radius 3 is 2.37 bits per heavy atom. The Balaban J connectivity index is 2.46. The maximum Gasteiger partial charge on any atom is 0.482 e. The normalized spacial score (nSPS) is 9.32. The number of carbonyl (C=O) groups excluding carboxylic acids is 2. The average Bonchev–Trinajstić information content (AvgIpc) is 2.41. The molecule has 0 unspecified atom stereocenters. The molecule has 6 heteroatoms. The Labute approximate surface area is 110 Å². The quantitative estimate of drug-likeness (QED) is 0.251. The number of ether oxygens (including phenoxy) is 2. The van der Waals surface area contributed by atoms with Crippen LogP contribution < -0.4 is 0 Å². The van der Waals surface area contributed by atoms with Gasteiger partial charge in [-0.05, 0) is 12.5 Å². The fraction of sp³-hybridized carbons (Fsp3) is 0.308. The average molecular weight is 262 g/mol. The van der Waals surface area contributed by atoms with Gasteiger partial charge < -0.3 is 15.0 Å². The summed E-state index contributed by atoms with van der Waals surface area (Å²) >= 11 is 0. The lowest BCUT2D eigenvalue weighted by atomic mass is 10.2. The van der Waals surface area contributed by atoms with Crippen LogP contribution in [0.2, 0.25) is 0 Å². The van der Waals surface area contributed by atoms with Gasteiger partial charge in [-0.15, -0.1) is 0 Å². The summed E-state index contributed by atoms with van der Waals surface area (Å²) in [6.07, 6.45) is 0.508. The summed E-state index contributed by atoms with van der Waals surface area (Å²) in [5.41, 5.74) is 8.84. The van der Waals surface area contributed by atoms with Gasteiger partial charge in [0.15, 0.2) is 0 Å². The van der Waals surface area contributed by atoms with E-state index in [0.29, 0.717) is 6.42 Å². The highest BCUT2D eigenvalue weighted by atomic mass is 16.6. The summed E-state index contributed by atoms with van der Waals surface area (Å²) in [5.74, 6) is -2.01. The van der Waals surface area contributed by atoms with Gasteiger partial charge in [-0.2, -0.15) is 4.79 Å². The minimum Gasteiger partial charge on any atom is -0.457 e. The Morgan fingerprint density at radius 2 is 1.79 bits per heavy atom. The molecule has 1 rings (SSSR count). The molecule has 0 aromatic heterocycles. The van der Waals surface area contributed by atoms with Crippen molar-refractivity contribution in [1.82, 2.24) is 0 Å². The Kier molecular flexibility index (Phi) is 5.98. The molecule has 0 N–H and O–H groups in total. The molecule has 0 aliphatic carbocycles. The number of carbonyl (C=O) groups is 2. The molecule has 6 nitrogen and oxygen atoms in total. The molecule has 0 aliphatic heterocycles. The number of hydrogen-bond acceptors (Lipinski definition) is 4. The second kappa shape index (κ2) is 7.79. The molecule has 0 saturated heterocycles. The second-order valence-electron chi connectivity index (χ2n) is 3.54. The topological polar surface area (TPSA) is 89.0 Å². The molecule has 0 bridgehead atoms. The molecule has 19 heavy (non-hydrogen) atoms. The molecule has 0 aliphatic rings. The van der Waals surface area contributed by atoms with E-state index in [1.54, 1.807) is 6.92 Å². The van der Waals surface area contributed by atoms with Crippen molar-refractivity contribution in [2.75, 3.05) is 13.2 Å². The maximum atomic E-state index is 11.5. The number of benzene rings is 1. The lowest BCUT2D eigenvalue weighted by Crippen LogP contribution is -2.29. The zero-order chi connectivity index (χ0) is 14.1. The van der Waals surface area contributed by atoms with E-state index in [0.717, 1.165) is 5.56 Å². The van der Waals surface area contributed by atoms with Gasteiger partial charge in [-0.25, -0.2) is 9.59 Å². The minimum atomic E-state index is -1.00. The predicted octanol–water partition coefficient (Wildman–Crippen LogP) is 1.01. The van der Waals surface area contributed by atoms with E-state index in [2.05, 4.69) is 9.53 Å². The summed E-state index contributed by atoms with van der Waals surface area (Å²) in [6, 6.07) is 9.40. The van der Waals surface area contributed by atoms with Gasteiger partial charge in [0, 0.05) is 6.42 Å². The fourth-order valence-electron chi connectivity index (χ4n) is 1.34. The Morgan fingerprint density at radius 1 is 1.16 bits per heavy atom. The first kappa shape index (κ1) is 14.6. The van der Waals surface area contributed by atoms with Crippen molar-refractivity contribution in [2.24, 2.45) is 0 Å². The van der Waals surface area contributed by atoms with Crippen LogP contribution in [0.1, 0.15) is 12.5 Å². The second-order valence-corrected chi connectivity index (χ2v) is 3.54. The SMILES string of the molecule is CCOC(=O)C(=[N+]=[N-])C(=O)OCCc1ccccc1. The van der Waals surface area contributed by atoms with Crippen LogP contribution in [0.15, 0.2) is 30.3 Å². The van der Waals surface area contributed by atoms with Crippen molar-refractivity contribution in [3.8, 4) is 0 Å². The third kappa shape index (κ3) is 4.73. The van der Waals surface area contributed by atoms with Gasteiger partial charge in [-0.1, -0.05) is 30.3 Å². The minimum absolute atomic E-state index is 0.0785. The number of esters is 2. The van der Waals surface area contributed by atoms with Crippen molar-refractivity contribution < 1.29 is 23.9 Å². The van der Waals surface area contributed by atoms with Crippen molar-refractivity contribution in [3.05, 3.63) is 41.4 Å². The highest BCUT2D eigenvalue weighted by Gasteiger charge is 2.32. The van der Waals surface area contributed by atoms with Crippen LogP contribution in [0.4, 0.5) is 0 Å². The highest BCUT2D eigenvalue weighted by molar-refractivity contribution is 6.60. The van der Waals surface area contributed by atoms with Crippen LogP contribution in [0, 0.1) is 0 Å². The number of hydrogen-bond donors (Lipinski definition) is 0. The molecule has 1 aromatic rings. The number of nitrogens with zero attached hydrogens (tertiary/aromatic N) is 2. The predicted molar refractivity (Wildman–Crippen MR) is 66.4 cm³/mol. The van der Waals surface area contributed by atoms with Gasteiger partial charge in [0.1, 0.15) is 0 Å². The van der Waals surface area contributed by atoms with Gasteiger partial charge in [0.2, 0.25) is 0 Å². The molecule has 0 fully saturated rings. The maximum absolute atomic E-state index is 11.5. The molecule has 0 atom stereocenters. The van der Waals surface area contributed by atoms with Gasteiger partial charge >= 0.3 is 17.7 Å². The summed E-state index contributed by atoms with van der Waals surface area (Å²) < 4.78 is 9.39. The van der Waals surface area contributed by atoms with Crippen LogP contribution >= 0.6 is 0 Å². The van der Waals surface area contributed by atoms with E-state index >= 15 is 0 Å². The first-order chi connectivity index (χ1) is 9.19. The van der Waals surface area contributed by atoms with E-state index < -0.39 is 17.7 Å². The van der Waals surface area contributed by atoms with Gasteiger partial charge in [0.25, 0.3) is 0 Å². The molecule has 0 heterocycles. The first-order valence-electron chi connectivity index (χ1n) is 5.79. The van der Waals surface area contributed by atoms with Crippen molar-refractivity contribution in [2.45, 2.75) is 13.3 Å². The molecular formula is C13H14N2O4. The van der Waals surface area contributed by atoms with E-state index in [9.17, 15) is 9.59 Å². The summed E-state index contributed by atoms with van der Waals surface area (Å²) in [6.45, 7) is 1.74. The number of rotatable bonds is 6. The van der Waals surface area contributed by atoms with E-state index in [1.165, 1.54) is 0 Å². The van der Waals surface area contributed by atoms with Crippen LogP contribution in [0.5, 0.6) is 0 Å². The van der Waals surface area contributed by atoms with E-state index in [-0.39, 0.29) is 13.2 Å². The lowest BCUT2D eigenvalue weighted by molar-refractivity contribution is -0.148. The lowest BCUT2D eigenvalue weighted by Gasteiger charge is -2.02. The van der Waals surface area contributed by atoms with Crippen molar-refractivity contribution in [3.63, 3.8) is 0 Å². The molecule has 0 radical (unpaired) electrons. The Bertz CT molecular complexity index is 493. The molecule has 1 aromatic carbocycles. The monoisotopic (exact) mass is 262 g/mol. The third-order valence-electron chi connectivity index (χ3n) is 2.23. The smallest absolute Gasteiger partial charge is 0.457 e. The van der Waals surface area contributed by atoms with E-state index in [1.807, 2.05) is 30.3 Å². The molecule has 0 spiro atoms. The molecule has 0 saturated carbocycles. The zero-order valence-corrected chi connectivity index (χ0v) is 10.5. The molecular weight excluding hydrogens is 248 g/mol.